The molecule has 2 fully saturated rings. The van der Waals surface area contributed by atoms with Crippen molar-refractivity contribution in [2.45, 2.75) is 57.7 Å². The fourth-order valence-electron chi connectivity index (χ4n) is 5.33. The standard InChI is InChI=1S/C28H34F3N5O4/c1-27(2,3)40-26(38)35-10-8-19(23(37)15-35)14-34-11-9-21-24(34)32-17-33-25(21)36-12-13-39-16-22(36)18-4-6-20(7-5-18)28(29,30)31/h4-7,9,11,17,19,22-23,37H,8,10,12-16H2,1-3H3/t19-,22+,23+/m0/s1. The lowest BCUT2D eigenvalue weighted by molar-refractivity contribution is -0.137. The Bertz CT molecular complexity index is 1340. The summed E-state index contributed by atoms with van der Waals surface area (Å²) in [4.78, 5) is 25.1. The van der Waals surface area contributed by atoms with Crippen LogP contribution in [0, 0.1) is 5.92 Å². The van der Waals surface area contributed by atoms with Crippen LogP contribution in [-0.4, -0.2) is 75.2 Å². The molecule has 2 aliphatic rings. The zero-order chi connectivity index (χ0) is 28.7. The molecule has 2 aliphatic heterocycles. The van der Waals surface area contributed by atoms with Gasteiger partial charge in [-0.15, -0.1) is 0 Å². The lowest BCUT2D eigenvalue weighted by Gasteiger charge is -2.37. The first kappa shape index (κ1) is 28.2. The molecular formula is C28H34F3N5O4. The van der Waals surface area contributed by atoms with Gasteiger partial charge in [-0.2, -0.15) is 13.2 Å². The molecule has 3 aromatic rings. The Kier molecular flexibility index (Phi) is 7.66. The molecule has 4 heterocycles. The highest BCUT2D eigenvalue weighted by Gasteiger charge is 2.34. The number of halogens is 3. The molecule has 2 saturated heterocycles. The van der Waals surface area contributed by atoms with Crippen LogP contribution in [0.1, 0.15) is 44.4 Å². The number of benzene rings is 1. The molecule has 0 spiro atoms. The Balaban J connectivity index is 1.33. The van der Waals surface area contributed by atoms with E-state index in [1.165, 1.54) is 18.5 Å². The monoisotopic (exact) mass is 561 g/mol. The van der Waals surface area contributed by atoms with E-state index in [4.69, 9.17) is 9.47 Å². The summed E-state index contributed by atoms with van der Waals surface area (Å²) in [6.07, 6.45) is -1.55. The molecule has 216 valence electrons. The van der Waals surface area contributed by atoms with Crippen LogP contribution in [0.25, 0.3) is 11.0 Å². The molecule has 40 heavy (non-hydrogen) atoms. The van der Waals surface area contributed by atoms with Crippen LogP contribution in [0.5, 0.6) is 0 Å². The number of likely N-dealkylation sites (tertiary alicyclic amines) is 1. The Morgan fingerprint density at radius 1 is 1.12 bits per heavy atom. The van der Waals surface area contributed by atoms with E-state index in [1.54, 1.807) is 4.90 Å². The van der Waals surface area contributed by atoms with Crippen molar-refractivity contribution in [3.63, 3.8) is 0 Å². The van der Waals surface area contributed by atoms with E-state index < -0.39 is 29.5 Å². The molecule has 0 radical (unpaired) electrons. The van der Waals surface area contributed by atoms with Gasteiger partial charge < -0.3 is 28.9 Å². The fourth-order valence-corrected chi connectivity index (χ4v) is 5.33. The molecule has 12 heteroatoms. The first-order valence-corrected chi connectivity index (χ1v) is 13.4. The quantitative estimate of drug-likeness (QED) is 0.496. The topological polar surface area (TPSA) is 93.0 Å². The van der Waals surface area contributed by atoms with Crippen LogP contribution >= 0.6 is 0 Å². The maximum atomic E-state index is 13.1. The van der Waals surface area contributed by atoms with E-state index in [0.717, 1.165) is 17.5 Å². The molecule has 0 aliphatic carbocycles. The lowest BCUT2D eigenvalue weighted by atomic mass is 9.94. The fraction of sp³-hybridized carbons (Fsp3) is 0.536. The van der Waals surface area contributed by atoms with E-state index >= 15 is 0 Å². The summed E-state index contributed by atoms with van der Waals surface area (Å²) < 4.78 is 52.4. The van der Waals surface area contributed by atoms with Crippen molar-refractivity contribution >= 4 is 22.9 Å². The van der Waals surface area contributed by atoms with Crippen molar-refractivity contribution in [2.75, 3.05) is 37.7 Å². The number of aromatic nitrogens is 3. The van der Waals surface area contributed by atoms with Gasteiger partial charge in [0.15, 0.2) is 0 Å². The van der Waals surface area contributed by atoms with Crippen molar-refractivity contribution in [3.05, 3.63) is 54.0 Å². The minimum Gasteiger partial charge on any atom is -0.444 e. The lowest BCUT2D eigenvalue weighted by Crippen LogP contribution is -2.49. The molecule has 9 nitrogen and oxygen atoms in total. The molecule has 1 amide bonds. The predicted octanol–water partition coefficient (Wildman–Crippen LogP) is 4.65. The summed E-state index contributed by atoms with van der Waals surface area (Å²) in [5.41, 5.74) is 0.107. The molecule has 1 N–H and O–H groups in total. The number of piperidine rings is 1. The number of β-amino-alcohol motifs (C(OH)–C–C–N with tert-alkyl or cyclic N) is 1. The number of anilines is 1. The number of hydrogen-bond donors (Lipinski definition) is 1. The van der Waals surface area contributed by atoms with Crippen LogP contribution in [0.4, 0.5) is 23.8 Å². The molecular weight excluding hydrogens is 527 g/mol. The van der Waals surface area contributed by atoms with Crippen LogP contribution in [-0.2, 0) is 22.2 Å². The number of amides is 1. The van der Waals surface area contributed by atoms with Gasteiger partial charge in [0.1, 0.15) is 23.4 Å². The average Bonchev–Trinajstić information content (AvgIpc) is 3.31. The number of rotatable bonds is 4. The molecule has 5 rings (SSSR count). The number of morpholine rings is 1. The summed E-state index contributed by atoms with van der Waals surface area (Å²) in [5, 5.41) is 11.7. The van der Waals surface area contributed by atoms with Gasteiger partial charge in [0.05, 0.1) is 42.9 Å². The second-order valence-corrected chi connectivity index (χ2v) is 11.3. The molecule has 1 aromatic carbocycles. The number of carbonyl (C=O) groups is 1. The number of aliphatic hydroxyl groups is 1. The normalized spacial score (nSPS) is 22.5. The minimum absolute atomic E-state index is 0.0871. The van der Waals surface area contributed by atoms with E-state index in [9.17, 15) is 23.1 Å². The number of hydrogen-bond acceptors (Lipinski definition) is 7. The summed E-state index contributed by atoms with van der Waals surface area (Å²) >= 11 is 0. The molecule has 0 bridgehead atoms. The van der Waals surface area contributed by atoms with Crippen molar-refractivity contribution in [1.82, 2.24) is 19.4 Å². The summed E-state index contributed by atoms with van der Waals surface area (Å²) in [5.74, 6) is 0.591. The first-order valence-electron chi connectivity index (χ1n) is 13.4. The second-order valence-electron chi connectivity index (χ2n) is 11.3. The Morgan fingerprint density at radius 3 is 2.55 bits per heavy atom. The van der Waals surface area contributed by atoms with Crippen LogP contribution in [0.3, 0.4) is 0 Å². The smallest absolute Gasteiger partial charge is 0.416 e. The van der Waals surface area contributed by atoms with E-state index in [-0.39, 0.29) is 18.5 Å². The molecule has 2 aromatic heterocycles. The number of carbonyl (C=O) groups excluding carboxylic acids is 1. The van der Waals surface area contributed by atoms with Gasteiger partial charge in [-0.05, 0) is 51.0 Å². The minimum atomic E-state index is -4.40. The number of aliphatic hydroxyl groups excluding tert-OH is 1. The highest BCUT2D eigenvalue weighted by Crippen LogP contribution is 2.35. The van der Waals surface area contributed by atoms with Crippen molar-refractivity contribution in [3.8, 4) is 0 Å². The number of alkyl halides is 3. The number of fused-ring (bicyclic) bond motifs is 1. The maximum absolute atomic E-state index is 13.1. The number of ether oxygens (including phenoxy) is 2. The average molecular weight is 562 g/mol. The third kappa shape index (κ3) is 6.02. The highest BCUT2D eigenvalue weighted by molar-refractivity contribution is 5.88. The van der Waals surface area contributed by atoms with Gasteiger partial charge in [0, 0.05) is 31.7 Å². The predicted molar refractivity (Wildman–Crippen MR) is 142 cm³/mol. The first-order chi connectivity index (χ1) is 18.9. The van der Waals surface area contributed by atoms with Crippen molar-refractivity contribution < 1.29 is 32.5 Å². The van der Waals surface area contributed by atoms with Gasteiger partial charge in [0.2, 0.25) is 0 Å². The third-order valence-electron chi connectivity index (χ3n) is 7.36. The summed E-state index contributed by atoms with van der Waals surface area (Å²) in [6, 6.07) is 6.78. The zero-order valence-corrected chi connectivity index (χ0v) is 22.8. The Labute approximate surface area is 230 Å². The molecule has 0 saturated carbocycles. The largest absolute Gasteiger partial charge is 0.444 e. The van der Waals surface area contributed by atoms with Gasteiger partial charge in [-0.1, -0.05) is 12.1 Å². The van der Waals surface area contributed by atoms with E-state index in [2.05, 4.69) is 14.9 Å². The second kappa shape index (κ2) is 10.9. The van der Waals surface area contributed by atoms with Gasteiger partial charge in [-0.3, -0.25) is 0 Å². The molecule has 0 unspecified atom stereocenters. The van der Waals surface area contributed by atoms with Gasteiger partial charge in [0.25, 0.3) is 0 Å². The summed E-state index contributed by atoms with van der Waals surface area (Å²) in [6.45, 7) is 7.92. The van der Waals surface area contributed by atoms with Crippen LogP contribution < -0.4 is 4.90 Å². The van der Waals surface area contributed by atoms with Crippen molar-refractivity contribution in [1.29, 1.82) is 0 Å². The zero-order valence-electron chi connectivity index (χ0n) is 22.8. The van der Waals surface area contributed by atoms with Crippen molar-refractivity contribution in [2.24, 2.45) is 5.92 Å². The van der Waals surface area contributed by atoms with E-state index in [0.29, 0.717) is 56.3 Å². The van der Waals surface area contributed by atoms with Gasteiger partial charge >= 0.3 is 12.3 Å². The summed E-state index contributed by atoms with van der Waals surface area (Å²) in [7, 11) is 0. The molecule has 3 atom stereocenters. The van der Waals surface area contributed by atoms with Crippen LogP contribution in [0.2, 0.25) is 0 Å². The highest BCUT2D eigenvalue weighted by atomic mass is 19.4. The third-order valence-corrected chi connectivity index (χ3v) is 7.36. The van der Waals surface area contributed by atoms with Gasteiger partial charge in [-0.25, -0.2) is 14.8 Å². The number of nitrogens with zero attached hydrogens (tertiary/aromatic N) is 5. The maximum Gasteiger partial charge on any atom is 0.416 e. The van der Waals surface area contributed by atoms with E-state index in [1.807, 2.05) is 37.6 Å². The Morgan fingerprint density at radius 2 is 1.88 bits per heavy atom. The Hall–Kier alpha value is -3.38. The van der Waals surface area contributed by atoms with Crippen LogP contribution in [0.15, 0.2) is 42.9 Å². The SMILES string of the molecule is CC(C)(C)OC(=O)N1CC[C@@H](Cn2ccc3c(N4CCOC[C@@H]4c4ccc(C(F)(F)F)cc4)ncnc32)[C@H](O)C1.